The molecule has 0 saturated heterocycles. The maximum atomic E-state index is 5.31. The van der Waals surface area contributed by atoms with E-state index in [1.807, 2.05) is 19.9 Å². The van der Waals surface area contributed by atoms with E-state index in [2.05, 4.69) is 20.5 Å². The summed E-state index contributed by atoms with van der Waals surface area (Å²) in [6.07, 6.45) is 3.40. The molecule has 1 N–H and O–H groups in total. The molecule has 5 heteroatoms. The number of aromatic nitrogens is 3. The summed E-state index contributed by atoms with van der Waals surface area (Å²) in [5.41, 5.74) is 1.07. The topological polar surface area (TPSA) is 63.8 Å². The zero-order valence-electron chi connectivity index (χ0n) is 8.69. The van der Waals surface area contributed by atoms with E-state index in [9.17, 15) is 0 Å². The van der Waals surface area contributed by atoms with Crippen LogP contribution in [-0.2, 0) is 6.54 Å². The quantitative estimate of drug-likeness (QED) is 0.824. The molecule has 0 atom stereocenters. The lowest BCUT2D eigenvalue weighted by Crippen LogP contribution is -2.02. The number of aryl methyl sites for hydroxylation is 2. The van der Waals surface area contributed by atoms with Gasteiger partial charge in [-0.15, -0.1) is 5.10 Å². The molecule has 78 valence electrons. The molecule has 0 bridgehead atoms. The van der Waals surface area contributed by atoms with Crippen LogP contribution in [-0.4, -0.2) is 15.2 Å². The van der Waals surface area contributed by atoms with E-state index >= 15 is 0 Å². The van der Waals surface area contributed by atoms with Crippen molar-refractivity contribution in [2.45, 2.75) is 20.4 Å². The van der Waals surface area contributed by atoms with Gasteiger partial charge in [-0.05, 0) is 25.5 Å². The first-order chi connectivity index (χ1) is 7.24. The van der Waals surface area contributed by atoms with E-state index in [0.717, 1.165) is 17.1 Å². The smallest absolute Gasteiger partial charge is 0.213 e. The summed E-state index contributed by atoms with van der Waals surface area (Å²) < 4.78 is 5.31. The number of anilines is 1. The van der Waals surface area contributed by atoms with Crippen LogP contribution in [0.2, 0.25) is 0 Å². The molecule has 0 fully saturated rings. The summed E-state index contributed by atoms with van der Waals surface area (Å²) in [5, 5.41) is 10.9. The molecule has 2 rings (SSSR count). The second kappa shape index (κ2) is 4.08. The Labute approximate surface area is 87.6 Å². The van der Waals surface area contributed by atoms with Gasteiger partial charge in [0.15, 0.2) is 0 Å². The molecular formula is C10H12N4O. The van der Waals surface area contributed by atoms with Crippen LogP contribution in [0.4, 0.5) is 5.82 Å². The number of hydrogen-bond acceptors (Lipinski definition) is 5. The van der Waals surface area contributed by atoms with Crippen molar-refractivity contribution in [2.75, 3.05) is 5.32 Å². The molecule has 0 spiro atoms. The number of oxazole rings is 1. The average Bonchev–Trinajstić information content (AvgIpc) is 2.62. The summed E-state index contributed by atoms with van der Waals surface area (Å²) in [4.78, 5) is 4.08. The van der Waals surface area contributed by atoms with Crippen molar-refractivity contribution in [1.29, 1.82) is 0 Å². The van der Waals surface area contributed by atoms with Crippen LogP contribution in [0.15, 0.2) is 22.9 Å². The van der Waals surface area contributed by atoms with Gasteiger partial charge in [0.25, 0.3) is 0 Å². The fraction of sp³-hybridized carbons (Fsp3) is 0.300. The van der Waals surface area contributed by atoms with Gasteiger partial charge < -0.3 is 9.73 Å². The summed E-state index contributed by atoms with van der Waals surface area (Å²) in [6, 6.07) is 1.92. The summed E-state index contributed by atoms with van der Waals surface area (Å²) in [7, 11) is 0. The molecule has 2 aromatic rings. The predicted molar refractivity (Wildman–Crippen MR) is 55.3 cm³/mol. The second-order valence-corrected chi connectivity index (χ2v) is 3.34. The van der Waals surface area contributed by atoms with Crippen molar-refractivity contribution >= 4 is 5.82 Å². The number of nitrogens with one attached hydrogen (secondary N) is 1. The van der Waals surface area contributed by atoms with Crippen LogP contribution in [0.25, 0.3) is 0 Å². The highest BCUT2D eigenvalue weighted by Gasteiger charge is 2.01. The molecule has 0 aliphatic rings. The highest BCUT2D eigenvalue weighted by Crippen LogP contribution is 2.07. The Morgan fingerprint density at radius 2 is 2.20 bits per heavy atom. The fourth-order valence-electron chi connectivity index (χ4n) is 1.20. The molecular weight excluding hydrogens is 192 g/mol. The standard InChI is InChI=1S/C10H12N4O/c1-7-3-9(14-13-4-7)11-6-10-12-5-8(2)15-10/h3-5H,6H2,1-2H3,(H,11,14). The summed E-state index contributed by atoms with van der Waals surface area (Å²) >= 11 is 0. The molecule has 0 aliphatic carbocycles. The fourth-order valence-corrected chi connectivity index (χ4v) is 1.20. The molecule has 0 radical (unpaired) electrons. The van der Waals surface area contributed by atoms with Crippen molar-refractivity contribution in [3.05, 3.63) is 35.7 Å². The van der Waals surface area contributed by atoms with Gasteiger partial charge in [-0.1, -0.05) is 0 Å². The Morgan fingerprint density at radius 3 is 2.87 bits per heavy atom. The average molecular weight is 204 g/mol. The van der Waals surface area contributed by atoms with E-state index in [0.29, 0.717) is 12.4 Å². The van der Waals surface area contributed by atoms with Crippen molar-refractivity contribution in [3.8, 4) is 0 Å². The Kier molecular flexibility index (Phi) is 2.62. The highest BCUT2D eigenvalue weighted by molar-refractivity contribution is 5.34. The molecule has 2 heterocycles. The third-order valence-corrected chi connectivity index (χ3v) is 1.88. The summed E-state index contributed by atoms with van der Waals surface area (Å²) in [5.74, 6) is 2.18. The Hall–Kier alpha value is -1.91. The Morgan fingerprint density at radius 1 is 1.33 bits per heavy atom. The first-order valence-electron chi connectivity index (χ1n) is 4.68. The second-order valence-electron chi connectivity index (χ2n) is 3.34. The zero-order valence-corrected chi connectivity index (χ0v) is 8.69. The molecule has 0 aliphatic heterocycles. The van der Waals surface area contributed by atoms with Crippen LogP contribution in [0.3, 0.4) is 0 Å². The number of nitrogens with zero attached hydrogens (tertiary/aromatic N) is 3. The lowest BCUT2D eigenvalue weighted by Gasteiger charge is -2.01. The lowest BCUT2D eigenvalue weighted by atomic mass is 10.3. The van der Waals surface area contributed by atoms with Crippen LogP contribution >= 0.6 is 0 Å². The van der Waals surface area contributed by atoms with Gasteiger partial charge in [0.2, 0.25) is 5.89 Å². The normalized spacial score (nSPS) is 10.3. The van der Waals surface area contributed by atoms with Crippen molar-refractivity contribution in [1.82, 2.24) is 15.2 Å². The van der Waals surface area contributed by atoms with Crippen molar-refractivity contribution in [3.63, 3.8) is 0 Å². The minimum atomic E-state index is 0.520. The van der Waals surface area contributed by atoms with Crippen molar-refractivity contribution < 1.29 is 4.42 Å². The van der Waals surface area contributed by atoms with Gasteiger partial charge >= 0.3 is 0 Å². The maximum absolute atomic E-state index is 5.31. The SMILES string of the molecule is Cc1cnnc(NCc2ncc(C)o2)c1. The monoisotopic (exact) mass is 204 g/mol. The van der Waals surface area contributed by atoms with E-state index in [4.69, 9.17) is 4.42 Å². The van der Waals surface area contributed by atoms with Gasteiger partial charge in [0.1, 0.15) is 11.6 Å². The lowest BCUT2D eigenvalue weighted by molar-refractivity contribution is 0.478. The number of hydrogen-bond donors (Lipinski definition) is 1. The molecule has 15 heavy (non-hydrogen) atoms. The molecule has 0 saturated carbocycles. The van der Waals surface area contributed by atoms with Crippen LogP contribution < -0.4 is 5.32 Å². The Balaban J connectivity index is 1.99. The summed E-state index contributed by atoms with van der Waals surface area (Å²) in [6.45, 7) is 4.35. The van der Waals surface area contributed by atoms with Crippen molar-refractivity contribution in [2.24, 2.45) is 0 Å². The third kappa shape index (κ3) is 2.52. The molecule has 0 unspecified atom stereocenters. The van der Waals surface area contributed by atoms with Gasteiger partial charge in [-0.3, -0.25) is 0 Å². The minimum Gasteiger partial charge on any atom is -0.444 e. The molecule has 2 aromatic heterocycles. The predicted octanol–water partition coefficient (Wildman–Crippen LogP) is 1.69. The Bertz CT molecular complexity index is 452. The zero-order chi connectivity index (χ0) is 10.7. The van der Waals surface area contributed by atoms with Crippen LogP contribution in [0, 0.1) is 13.8 Å². The first kappa shape index (κ1) is 9.64. The van der Waals surface area contributed by atoms with Gasteiger partial charge in [-0.2, -0.15) is 5.10 Å². The van der Waals surface area contributed by atoms with E-state index < -0.39 is 0 Å². The van der Waals surface area contributed by atoms with Gasteiger partial charge in [0, 0.05) is 0 Å². The minimum absolute atomic E-state index is 0.520. The maximum Gasteiger partial charge on any atom is 0.213 e. The molecule has 5 nitrogen and oxygen atoms in total. The first-order valence-corrected chi connectivity index (χ1v) is 4.68. The molecule has 0 aromatic carbocycles. The highest BCUT2D eigenvalue weighted by atomic mass is 16.4. The van der Waals surface area contributed by atoms with Crippen LogP contribution in [0.5, 0.6) is 0 Å². The van der Waals surface area contributed by atoms with E-state index in [-0.39, 0.29) is 0 Å². The van der Waals surface area contributed by atoms with Crippen LogP contribution in [0.1, 0.15) is 17.2 Å². The van der Waals surface area contributed by atoms with Gasteiger partial charge in [0.05, 0.1) is 18.9 Å². The van der Waals surface area contributed by atoms with E-state index in [1.54, 1.807) is 12.4 Å². The van der Waals surface area contributed by atoms with E-state index in [1.165, 1.54) is 0 Å². The third-order valence-electron chi connectivity index (χ3n) is 1.88. The molecule has 0 amide bonds. The number of rotatable bonds is 3. The van der Waals surface area contributed by atoms with Gasteiger partial charge in [-0.25, -0.2) is 4.98 Å². The largest absolute Gasteiger partial charge is 0.444 e.